The first kappa shape index (κ1) is 15.8. The Kier molecular flexibility index (Phi) is 5.32. The molecule has 1 amide bonds. The van der Waals surface area contributed by atoms with E-state index < -0.39 is 27.7 Å². The van der Waals surface area contributed by atoms with Crippen molar-refractivity contribution < 1.29 is 27.9 Å². The first-order valence-electron chi connectivity index (χ1n) is 5.52. The van der Waals surface area contributed by atoms with E-state index in [4.69, 9.17) is 15.6 Å². The summed E-state index contributed by atoms with van der Waals surface area (Å²) in [7, 11) is -4.02. The van der Waals surface area contributed by atoms with Crippen LogP contribution in [0.3, 0.4) is 0 Å². The number of aliphatic carboxylic acids is 1. The number of carbonyl (C=O) groups is 2. The van der Waals surface area contributed by atoms with Gasteiger partial charge in [0.1, 0.15) is 5.75 Å². The number of carbonyl (C=O) groups excluding carboxylic acids is 1. The van der Waals surface area contributed by atoms with E-state index in [0.29, 0.717) is 0 Å². The normalized spacial score (nSPS) is 10.8. The van der Waals surface area contributed by atoms with Crippen LogP contribution in [0, 0.1) is 0 Å². The van der Waals surface area contributed by atoms with Crippen molar-refractivity contribution in [3.05, 3.63) is 24.3 Å². The van der Waals surface area contributed by atoms with Gasteiger partial charge < -0.3 is 15.6 Å². The number of ether oxygens (including phenoxy) is 1. The summed E-state index contributed by atoms with van der Waals surface area (Å²) in [5.41, 5.74) is 5.05. The highest BCUT2D eigenvalue weighted by Gasteiger charge is 2.17. The van der Waals surface area contributed by atoms with Crippen molar-refractivity contribution in [1.82, 2.24) is 0 Å². The van der Waals surface area contributed by atoms with Gasteiger partial charge in [-0.3, -0.25) is 14.3 Å². The molecule has 20 heavy (non-hydrogen) atoms. The summed E-state index contributed by atoms with van der Waals surface area (Å²) < 4.78 is 30.4. The Balaban J connectivity index is 2.80. The molecule has 0 aromatic heterocycles. The highest BCUT2D eigenvalue weighted by Crippen LogP contribution is 2.24. The number of nitrogens with two attached hydrogens (primary N) is 1. The zero-order valence-corrected chi connectivity index (χ0v) is 11.2. The minimum atomic E-state index is -4.02. The molecule has 9 heteroatoms. The standard InChI is InChI=1S/C11H14N2O6S/c12-10(14)5-6-19-9-4-2-1-3-8(9)13-20(17,18)7-11(15)16/h1-4,13H,5-7H2,(H2,12,14)(H,15,16). The third kappa shape index (κ3) is 5.57. The molecule has 0 fully saturated rings. The Hall–Kier alpha value is -2.29. The van der Waals surface area contributed by atoms with Gasteiger partial charge in [0, 0.05) is 0 Å². The minimum absolute atomic E-state index is 0.00694. The maximum Gasteiger partial charge on any atom is 0.320 e. The Morgan fingerprint density at radius 2 is 1.95 bits per heavy atom. The van der Waals surface area contributed by atoms with E-state index in [-0.39, 0.29) is 24.5 Å². The molecule has 1 aromatic carbocycles. The monoisotopic (exact) mass is 302 g/mol. The summed E-state index contributed by atoms with van der Waals surface area (Å²) in [5.74, 6) is -2.89. The SMILES string of the molecule is NC(=O)CCOc1ccccc1NS(=O)(=O)CC(=O)O. The Labute approximate surface area is 115 Å². The number of carboxylic acids is 1. The molecule has 0 unspecified atom stereocenters. The van der Waals surface area contributed by atoms with Crippen LogP contribution in [0.25, 0.3) is 0 Å². The van der Waals surface area contributed by atoms with Crippen LogP contribution in [-0.4, -0.2) is 37.8 Å². The molecule has 0 saturated heterocycles. The van der Waals surface area contributed by atoms with Gasteiger partial charge in [-0.15, -0.1) is 0 Å². The second kappa shape index (κ2) is 6.75. The zero-order chi connectivity index (χ0) is 15.2. The van der Waals surface area contributed by atoms with Gasteiger partial charge in [0.05, 0.1) is 18.7 Å². The fourth-order valence-corrected chi connectivity index (χ4v) is 2.21. The molecule has 110 valence electrons. The van der Waals surface area contributed by atoms with E-state index in [1.165, 1.54) is 12.1 Å². The molecule has 4 N–H and O–H groups in total. The Morgan fingerprint density at radius 3 is 2.55 bits per heavy atom. The number of sulfonamides is 1. The fraction of sp³-hybridized carbons (Fsp3) is 0.273. The number of anilines is 1. The molecule has 1 aromatic rings. The van der Waals surface area contributed by atoms with Crippen molar-refractivity contribution in [1.29, 1.82) is 0 Å². The van der Waals surface area contributed by atoms with E-state index in [0.717, 1.165) is 0 Å². The van der Waals surface area contributed by atoms with E-state index in [1.807, 2.05) is 0 Å². The lowest BCUT2D eigenvalue weighted by Gasteiger charge is -2.12. The maximum absolute atomic E-state index is 11.5. The van der Waals surface area contributed by atoms with Crippen LogP contribution in [0.5, 0.6) is 5.75 Å². The number of nitrogens with one attached hydrogen (secondary N) is 1. The quantitative estimate of drug-likeness (QED) is 0.606. The molecular formula is C11H14N2O6S. The Morgan fingerprint density at radius 1 is 1.30 bits per heavy atom. The fourth-order valence-electron chi connectivity index (χ4n) is 1.30. The summed E-state index contributed by atoms with van der Waals surface area (Å²) in [4.78, 5) is 21.0. The lowest BCUT2D eigenvalue weighted by atomic mass is 10.3. The van der Waals surface area contributed by atoms with Crippen molar-refractivity contribution in [2.24, 2.45) is 5.73 Å². The lowest BCUT2D eigenvalue weighted by Crippen LogP contribution is -2.23. The van der Waals surface area contributed by atoms with E-state index in [2.05, 4.69) is 4.72 Å². The van der Waals surface area contributed by atoms with Crippen LogP contribution < -0.4 is 15.2 Å². The van der Waals surface area contributed by atoms with Gasteiger partial charge in [-0.05, 0) is 12.1 Å². The maximum atomic E-state index is 11.5. The number of benzene rings is 1. The number of amides is 1. The third-order valence-electron chi connectivity index (χ3n) is 2.07. The largest absolute Gasteiger partial charge is 0.491 e. The van der Waals surface area contributed by atoms with Crippen molar-refractivity contribution >= 4 is 27.6 Å². The van der Waals surface area contributed by atoms with Crippen LogP contribution in [0.15, 0.2) is 24.3 Å². The summed E-state index contributed by atoms with van der Waals surface area (Å²) >= 11 is 0. The van der Waals surface area contributed by atoms with Crippen LogP contribution in [0.2, 0.25) is 0 Å². The number of hydrogen-bond donors (Lipinski definition) is 3. The molecule has 0 saturated carbocycles. The molecule has 0 spiro atoms. The first-order valence-corrected chi connectivity index (χ1v) is 7.18. The molecule has 0 heterocycles. The lowest BCUT2D eigenvalue weighted by molar-refractivity contribution is -0.134. The molecule has 0 bridgehead atoms. The highest BCUT2D eigenvalue weighted by molar-refractivity contribution is 7.93. The van der Waals surface area contributed by atoms with Crippen molar-refractivity contribution in [3.8, 4) is 5.75 Å². The molecular weight excluding hydrogens is 288 g/mol. The van der Waals surface area contributed by atoms with Crippen molar-refractivity contribution in [3.63, 3.8) is 0 Å². The van der Waals surface area contributed by atoms with Gasteiger partial charge in [-0.1, -0.05) is 12.1 Å². The smallest absolute Gasteiger partial charge is 0.320 e. The third-order valence-corrected chi connectivity index (χ3v) is 3.23. The van der Waals surface area contributed by atoms with E-state index >= 15 is 0 Å². The average molecular weight is 302 g/mol. The second-order valence-corrected chi connectivity index (χ2v) is 5.54. The second-order valence-electron chi connectivity index (χ2n) is 3.82. The van der Waals surface area contributed by atoms with Gasteiger partial charge in [0.2, 0.25) is 15.9 Å². The number of hydrogen-bond acceptors (Lipinski definition) is 5. The average Bonchev–Trinajstić information content (AvgIpc) is 2.28. The first-order chi connectivity index (χ1) is 9.30. The number of para-hydroxylation sites is 2. The zero-order valence-electron chi connectivity index (χ0n) is 10.4. The van der Waals surface area contributed by atoms with Gasteiger partial charge in [-0.25, -0.2) is 8.42 Å². The number of carboxylic acid groups (broad SMARTS) is 1. The minimum Gasteiger partial charge on any atom is -0.491 e. The predicted molar refractivity (Wildman–Crippen MR) is 70.8 cm³/mol. The molecule has 0 aliphatic heterocycles. The molecule has 0 atom stereocenters. The number of rotatable bonds is 8. The van der Waals surface area contributed by atoms with E-state index in [1.54, 1.807) is 12.1 Å². The van der Waals surface area contributed by atoms with Crippen LogP contribution >= 0.6 is 0 Å². The summed E-state index contributed by atoms with van der Waals surface area (Å²) in [5, 5.41) is 8.50. The highest BCUT2D eigenvalue weighted by atomic mass is 32.2. The van der Waals surface area contributed by atoms with Gasteiger partial charge in [-0.2, -0.15) is 0 Å². The number of primary amides is 1. The van der Waals surface area contributed by atoms with Crippen molar-refractivity contribution in [2.75, 3.05) is 17.1 Å². The Bertz CT molecular complexity index is 599. The topological polar surface area (TPSA) is 136 Å². The van der Waals surface area contributed by atoms with Crippen LogP contribution in [0.1, 0.15) is 6.42 Å². The summed E-state index contributed by atoms with van der Waals surface area (Å²) in [6, 6.07) is 6.06. The summed E-state index contributed by atoms with van der Waals surface area (Å²) in [6.07, 6.45) is -0.0176. The predicted octanol–water partition coefficient (Wildman–Crippen LogP) is -0.233. The molecule has 1 rings (SSSR count). The van der Waals surface area contributed by atoms with E-state index in [9.17, 15) is 18.0 Å². The van der Waals surface area contributed by atoms with Gasteiger partial charge >= 0.3 is 5.97 Å². The van der Waals surface area contributed by atoms with Crippen LogP contribution in [-0.2, 0) is 19.6 Å². The van der Waals surface area contributed by atoms with Crippen LogP contribution in [0.4, 0.5) is 5.69 Å². The molecule has 8 nitrogen and oxygen atoms in total. The molecule has 0 radical (unpaired) electrons. The summed E-state index contributed by atoms with van der Waals surface area (Å²) in [6.45, 7) is -0.00694. The molecule has 0 aliphatic carbocycles. The van der Waals surface area contributed by atoms with Crippen molar-refractivity contribution in [2.45, 2.75) is 6.42 Å². The van der Waals surface area contributed by atoms with Gasteiger partial charge in [0.25, 0.3) is 0 Å². The van der Waals surface area contributed by atoms with Gasteiger partial charge in [0.15, 0.2) is 5.75 Å². The molecule has 0 aliphatic rings.